The third-order valence-electron chi connectivity index (χ3n) is 2.54. The van der Waals surface area contributed by atoms with E-state index in [4.69, 9.17) is 5.73 Å². The highest BCUT2D eigenvalue weighted by Gasteiger charge is 2.20. The second kappa shape index (κ2) is 6.79. The van der Waals surface area contributed by atoms with Crippen LogP contribution in [0.15, 0.2) is 24.4 Å². The Hall–Kier alpha value is -1.02. The molecule has 18 heavy (non-hydrogen) atoms. The van der Waals surface area contributed by atoms with Gasteiger partial charge in [-0.05, 0) is 32.0 Å². The predicted molar refractivity (Wildman–Crippen MR) is 71.0 cm³/mol. The zero-order valence-electron chi connectivity index (χ0n) is 10.7. The highest BCUT2D eigenvalue weighted by atomic mass is 32.2. The Labute approximate surface area is 108 Å². The van der Waals surface area contributed by atoms with Gasteiger partial charge >= 0.3 is 0 Å². The van der Waals surface area contributed by atoms with E-state index in [9.17, 15) is 8.42 Å². The van der Waals surface area contributed by atoms with Crippen molar-refractivity contribution in [3.8, 4) is 0 Å². The van der Waals surface area contributed by atoms with E-state index in [1.807, 2.05) is 6.07 Å². The van der Waals surface area contributed by atoms with Crippen molar-refractivity contribution in [2.24, 2.45) is 5.73 Å². The zero-order chi connectivity index (χ0) is 13.6. The van der Waals surface area contributed by atoms with E-state index in [1.54, 1.807) is 25.3 Å². The first-order chi connectivity index (χ1) is 8.47. The molecule has 1 aromatic rings. The van der Waals surface area contributed by atoms with E-state index in [0.717, 1.165) is 0 Å². The van der Waals surface area contributed by atoms with Gasteiger partial charge in [0, 0.05) is 19.8 Å². The van der Waals surface area contributed by atoms with Crippen molar-refractivity contribution in [3.63, 3.8) is 0 Å². The van der Waals surface area contributed by atoms with Crippen LogP contribution < -0.4 is 10.5 Å². The van der Waals surface area contributed by atoms with Gasteiger partial charge in [-0.1, -0.05) is 6.07 Å². The Balaban J connectivity index is 2.65. The largest absolute Gasteiger partial charge is 0.330 e. The quantitative estimate of drug-likeness (QED) is 0.745. The van der Waals surface area contributed by atoms with Crippen LogP contribution in [-0.2, 0) is 10.2 Å². The minimum atomic E-state index is -3.49. The Morgan fingerprint density at radius 2 is 2.22 bits per heavy atom. The molecule has 3 N–H and O–H groups in total. The summed E-state index contributed by atoms with van der Waals surface area (Å²) < 4.78 is 27.8. The monoisotopic (exact) mass is 272 g/mol. The number of nitrogens with zero attached hydrogens (tertiary/aromatic N) is 2. The summed E-state index contributed by atoms with van der Waals surface area (Å²) in [5.41, 5.74) is 6.05. The molecule has 0 amide bonds. The van der Waals surface area contributed by atoms with Gasteiger partial charge in [0.05, 0.1) is 11.7 Å². The smallest absolute Gasteiger partial charge is 0.279 e. The summed E-state index contributed by atoms with van der Waals surface area (Å²) in [4.78, 5) is 4.12. The molecule has 0 aliphatic heterocycles. The Kier molecular flexibility index (Phi) is 5.67. The van der Waals surface area contributed by atoms with Crippen molar-refractivity contribution < 1.29 is 8.42 Å². The summed E-state index contributed by atoms with van der Waals surface area (Å²) >= 11 is 0. The van der Waals surface area contributed by atoms with E-state index in [0.29, 0.717) is 25.2 Å². The van der Waals surface area contributed by atoms with Crippen LogP contribution in [0.5, 0.6) is 0 Å². The lowest BCUT2D eigenvalue weighted by molar-refractivity contribution is 0.445. The first kappa shape index (κ1) is 15.0. The van der Waals surface area contributed by atoms with E-state index in [-0.39, 0.29) is 6.04 Å². The van der Waals surface area contributed by atoms with Gasteiger partial charge in [-0.25, -0.2) is 0 Å². The van der Waals surface area contributed by atoms with Crippen LogP contribution in [0, 0.1) is 0 Å². The van der Waals surface area contributed by atoms with Gasteiger partial charge in [-0.3, -0.25) is 4.98 Å². The average molecular weight is 272 g/mol. The summed E-state index contributed by atoms with van der Waals surface area (Å²) in [5, 5.41) is 0. The van der Waals surface area contributed by atoms with Crippen molar-refractivity contribution in [2.45, 2.75) is 19.4 Å². The fourth-order valence-electron chi connectivity index (χ4n) is 1.44. The van der Waals surface area contributed by atoms with E-state index < -0.39 is 10.2 Å². The van der Waals surface area contributed by atoms with Crippen molar-refractivity contribution in [1.29, 1.82) is 0 Å². The molecule has 0 saturated heterocycles. The summed E-state index contributed by atoms with van der Waals surface area (Å²) in [7, 11) is -1.96. The summed E-state index contributed by atoms with van der Waals surface area (Å²) in [6, 6.07) is 5.03. The molecule has 6 nitrogen and oxygen atoms in total. The minimum absolute atomic E-state index is 0.364. The molecule has 0 aliphatic carbocycles. The molecular weight excluding hydrogens is 252 g/mol. The van der Waals surface area contributed by atoms with Gasteiger partial charge in [-0.15, -0.1) is 0 Å². The molecule has 102 valence electrons. The third-order valence-corrected chi connectivity index (χ3v) is 4.20. The SMILES string of the molecule is CC(NS(=O)(=O)N(C)CCCN)c1ccccn1. The van der Waals surface area contributed by atoms with Crippen LogP contribution in [-0.4, -0.2) is 37.8 Å². The molecule has 0 aliphatic rings. The topological polar surface area (TPSA) is 88.3 Å². The van der Waals surface area contributed by atoms with E-state index in [2.05, 4.69) is 9.71 Å². The number of hydrogen-bond acceptors (Lipinski definition) is 4. The second-order valence-corrected chi connectivity index (χ2v) is 5.87. The summed E-state index contributed by atoms with van der Waals surface area (Å²) in [5.74, 6) is 0. The number of hydrogen-bond donors (Lipinski definition) is 2. The minimum Gasteiger partial charge on any atom is -0.330 e. The maximum Gasteiger partial charge on any atom is 0.279 e. The molecule has 0 aromatic carbocycles. The molecule has 0 bridgehead atoms. The molecule has 1 rings (SSSR count). The summed E-state index contributed by atoms with van der Waals surface area (Å²) in [6.07, 6.45) is 2.27. The van der Waals surface area contributed by atoms with Crippen molar-refractivity contribution in [2.75, 3.05) is 20.1 Å². The second-order valence-electron chi connectivity index (χ2n) is 4.06. The van der Waals surface area contributed by atoms with Crippen LogP contribution >= 0.6 is 0 Å². The number of nitrogens with two attached hydrogens (primary N) is 1. The molecular formula is C11H20N4O2S. The molecule has 0 spiro atoms. The van der Waals surface area contributed by atoms with Gasteiger partial charge in [-0.2, -0.15) is 17.4 Å². The fourth-order valence-corrected chi connectivity index (χ4v) is 2.56. The first-order valence-corrected chi connectivity index (χ1v) is 7.26. The van der Waals surface area contributed by atoms with Crippen LogP contribution in [0.2, 0.25) is 0 Å². The molecule has 7 heteroatoms. The normalized spacial score (nSPS) is 13.8. The highest BCUT2D eigenvalue weighted by Crippen LogP contribution is 2.10. The van der Waals surface area contributed by atoms with E-state index in [1.165, 1.54) is 11.4 Å². The predicted octanol–water partition coefficient (Wildman–Crippen LogP) is 0.258. The molecule has 1 aromatic heterocycles. The van der Waals surface area contributed by atoms with Gasteiger partial charge in [0.25, 0.3) is 10.2 Å². The van der Waals surface area contributed by atoms with Crippen LogP contribution in [0.1, 0.15) is 25.1 Å². The number of nitrogens with one attached hydrogen (secondary N) is 1. The van der Waals surface area contributed by atoms with E-state index >= 15 is 0 Å². The van der Waals surface area contributed by atoms with Gasteiger partial charge < -0.3 is 5.73 Å². The number of rotatable bonds is 7. The maximum atomic E-state index is 12.0. The van der Waals surface area contributed by atoms with Crippen molar-refractivity contribution >= 4 is 10.2 Å². The molecule has 0 fully saturated rings. The number of aromatic nitrogens is 1. The van der Waals surface area contributed by atoms with Gasteiger partial charge in [0.2, 0.25) is 0 Å². The zero-order valence-corrected chi connectivity index (χ0v) is 11.5. The fraction of sp³-hybridized carbons (Fsp3) is 0.545. The Morgan fingerprint density at radius 3 is 2.78 bits per heavy atom. The van der Waals surface area contributed by atoms with Gasteiger partial charge in [0.1, 0.15) is 0 Å². The molecule has 1 heterocycles. The van der Waals surface area contributed by atoms with Crippen molar-refractivity contribution in [1.82, 2.24) is 14.0 Å². The maximum absolute atomic E-state index is 12.0. The standard InChI is InChI=1S/C11H20N4O2S/c1-10(11-6-3-4-8-13-11)14-18(16,17)15(2)9-5-7-12/h3-4,6,8,10,14H,5,7,9,12H2,1-2H3. The van der Waals surface area contributed by atoms with Crippen LogP contribution in [0.3, 0.4) is 0 Å². The van der Waals surface area contributed by atoms with Crippen LogP contribution in [0.25, 0.3) is 0 Å². The molecule has 1 atom stereocenters. The third kappa shape index (κ3) is 4.34. The Morgan fingerprint density at radius 1 is 1.50 bits per heavy atom. The highest BCUT2D eigenvalue weighted by molar-refractivity contribution is 7.87. The van der Waals surface area contributed by atoms with Crippen molar-refractivity contribution in [3.05, 3.63) is 30.1 Å². The number of pyridine rings is 1. The summed E-state index contributed by atoms with van der Waals surface area (Å²) in [6.45, 7) is 2.63. The first-order valence-electron chi connectivity index (χ1n) is 5.82. The van der Waals surface area contributed by atoms with Crippen LogP contribution in [0.4, 0.5) is 0 Å². The average Bonchev–Trinajstić information content (AvgIpc) is 2.36. The Bertz CT molecular complexity index is 449. The molecule has 0 radical (unpaired) electrons. The molecule has 0 saturated carbocycles. The lowest BCUT2D eigenvalue weighted by Gasteiger charge is -2.20. The lowest BCUT2D eigenvalue weighted by Crippen LogP contribution is -2.40. The van der Waals surface area contributed by atoms with Gasteiger partial charge in [0.15, 0.2) is 0 Å². The lowest BCUT2D eigenvalue weighted by atomic mass is 10.2. The molecule has 1 unspecified atom stereocenters.